The number of hydrogen-bond donors (Lipinski definition) is 3. The van der Waals surface area contributed by atoms with Crippen molar-refractivity contribution in [1.29, 1.82) is 0 Å². The van der Waals surface area contributed by atoms with E-state index in [9.17, 15) is 14.7 Å². The Morgan fingerprint density at radius 2 is 1.64 bits per heavy atom. The van der Waals surface area contributed by atoms with Gasteiger partial charge in [0.1, 0.15) is 0 Å². The molecule has 0 radical (unpaired) electrons. The predicted molar refractivity (Wildman–Crippen MR) is 93.1 cm³/mol. The van der Waals surface area contributed by atoms with E-state index < -0.39 is 11.6 Å². The summed E-state index contributed by atoms with van der Waals surface area (Å²) in [5, 5.41) is 22.9. The fraction of sp³-hybridized carbons (Fsp3) is 0.579. The molecule has 6 nitrogen and oxygen atoms in total. The minimum absolute atomic E-state index is 0.0537. The monoisotopic (exact) mass is 346 g/mol. The Hall–Kier alpha value is -2.08. The van der Waals surface area contributed by atoms with Crippen LogP contribution in [0, 0.1) is 5.92 Å². The van der Waals surface area contributed by atoms with Crippen LogP contribution in [0.3, 0.4) is 0 Å². The standard InChI is InChI=1S/C19H26N2O4/c22-17(23)14-6-8-16(9-7-14)20-18(24)21-12-10-19(25,11-13-21)15-4-2-1-3-5-15/h1-5,14,16,25H,6-13H2,(H,20,24)(H,22,23). The number of rotatable bonds is 3. The molecule has 0 aromatic heterocycles. The van der Waals surface area contributed by atoms with Crippen molar-refractivity contribution >= 4 is 12.0 Å². The van der Waals surface area contributed by atoms with Gasteiger partial charge in [-0.3, -0.25) is 4.79 Å². The molecule has 2 fully saturated rings. The molecule has 2 amide bonds. The van der Waals surface area contributed by atoms with Crippen LogP contribution in [-0.2, 0) is 10.4 Å². The van der Waals surface area contributed by atoms with E-state index in [0.717, 1.165) is 5.56 Å². The van der Waals surface area contributed by atoms with Crippen LogP contribution < -0.4 is 5.32 Å². The number of carboxylic acid groups (broad SMARTS) is 1. The van der Waals surface area contributed by atoms with E-state index in [0.29, 0.717) is 51.6 Å². The van der Waals surface area contributed by atoms with E-state index in [1.165, 1.54) is 0 Å². The van der Waals surface area contributed by atoms with Crippen LogP contribution in [-0.4, -0.2) is 46.2 Å². The van der Waals surface area contributed by atoms with Crippen molar-refractivity contribution in [3.8, 4) is 0 Å². The van der Waals surface area contributed by atoms with Gasteiger partial charge in [-0.15, -0.1) is 0 Å². The molecular formula is C19H26N2O4. The second kappa shape index (κ2) is 7.44. The van der Waals surface area contributed by atoms with Crippen molar-refractivity contribution in [3.63, 3.8) is 0 Å². The zero-order chi connectivity index (χ0) is 17.9. The fourth-order valence-corrected chi connectivity index (χ4v) is 3.87. The summed E-state index contributed by atoms with van der Waals surface area (Å²) in [5.74, 6) is -1.01. The van der Waals surface area contributed by atoms with Crippen molar-refractivity contribution in [1.82, 2.24) is 10.2 Å². The molecular weight excluding hydrogens is 320 g/mol. The molecule has 0 spiro atoms. The normalized spacial score (nSPS) is 26.0. The first kappa shape index (κ1) is 17.7. The predicted octanol–water partition coefficient (Wildman–Crippen LogP) is 2.32. The topological polar surface area (TPSA) is 89.9 Å². The molecule has 1 saturated heterocycles. The molecule has 136 valence electrons. The number of benzene rings is 1. The van der Waals surface area contributed by atoms with Crippen LogP contribution in [0.2, 0.25) is 0 Å². The van der Waals surface area contributed by atoms with Crippen molar-refractivity contribution < 1.29 is 19.8 Å². The average Bonchev–Trinajstić information content (AvgIpc) is 2.63. The number of carbonyl (C=O) groups is 2. The van der Waals surface area contributed by atoms with Crippen LogP contribution in [0.25, 0.3) is 0 Å². The molecule has 3 rings (SSSR count). The van der Waals surface area contributed by atoms with Crippen LogP contribution in [0.15, 0.2) is 30.3 Å². The lowest BCUT2D eigenvalue weighted by atomic mass is 9.84. The van der Waals surface area contributed by atoms with Gasteiger partial charge >= 0.3 is 12.0 Å². The smallest absolute Gasteiger partial charge is 0.317 e. The highest BCUT2D eigenvalue weighted by Crippen LogP contribution is 2.32. The fourth-order valence-electron chi connectivity index (χ4n) is 3.87. The van der Waals surface area contributed by atoms with E-state index >= 15 is 0 Å². The van der Waals surface area contributed by atoms with E-state index in [1.807, 2.05) is 30.3 Å². The van der Waals surface area contributed by atoms with Gasteiger partial charge < -0.3 is 20.4 Å². The van der Waals surface area contributed by atoms with Gasteiger partial charge in [0, 0.05) is 19.1 Å². The first-order valence-electron chi connectivity index (χ1n) is 9.04. The number of carbonyl (C=O) groups excluding carboxylic acids is 1. The van der Waals surface area contributed by atoms with Crippen LogP contribution in [0.1, 0.15) is 44.1 Å². The number of amides is 2. The number of hydrogen-bond acceptors (Lipinski definition) is 3. The number of nitrogens with zero attached hydrogens (tertiary/aromatic N) is 1. The number of aliphatic hydroxyl groups is 1. The summed E-state index contributed by atoms with van der Waals surface area (Å²) in [5.41, 5.74) is 0.0412. The van der Waals surface area contributed by atoms with Crippen molar-refractivity contribution in [2.45, 2.75) is 50.2 Å². The number of urea groups is 1. The molecule has 0 atom stereocenters. The van der Waals surface area contributed by atoms with Gasteiger partial charge in [0.2, 0.25) is 0 Å². The maximum atomic E-state index is 12.4. The Bertz CT molecular complexity index is 603. The summed E-state index contributed by atoms with van der Waals surface area (Å²) in [4.78, 5) is 25.2. The van der Waals surface area contributed by atoms with Gasteiger partial charge in [0.25, 0.3) is 0 Å². The molecule has 3 N–H and O–H groups in total. The Morgan fingerprint density at radius 3 is 2.20 bits per heavy atom. The average molecular weight is 346 g/mol. The van der Waals surface area contributed by atoms with E-state index in [4.69, 9.17) is 5.11 Å². The summed E-state index contributed by atoms with van der Waals surface area (Å²) in [6.45, 7) is 1.03. The highest BCUT2D eigenvalue weighted by atomic mass is 16.4. The van der Waals surface area contributed by atoms with E-state index in [-0.39, 0.29) is 18.0 Å². The molecule has 1 aliphatic carbocycles. The second-order valence-electron chi connectivity index (χ2n) is 7.22. The number of nitrogens with one attached hydrogen (secondary N) is 1. The summed E-state index contributed by atoms with van der Waals surface area (Å²) >= 11 is 0. The van der Waals surface area contributed by atoms with Crippen LogP contribution in [0.5, 0.6) is 0 Å². The van der Waals surface area contributed by atoms with Gasteiger partial charge in [-0.25, -0.2) is 4.79 Å². The quantitative estimate of drug-likeness (QED) is 0.783. The summed E-state index contributed by atoms with van der Waals surface area (Å²) in [7, 11) is 0. The molecule has 25 heavy (non-hydrogen) atoms. The van der Waals surface area contributed by atoms with Gasteiger partial charge in [0.15, 0.2) is 0 Å². The third-order valence-electron chi connectivity index (χ3n) is 5.59. The Labute approximate surface area is 147 Å². The van der Waals surface area contributed by atoms with E-state index in [1.54, 1.807) is 4.90 Å². The van der Waals surface area contributed by atoms with Gasteiger partial charge in [-0.05, 0) is 44.1 Å². The van der Waals surface area contributed by atoms with Crippen molar-refractivity contribution in [3.05, 3.63) is 35.9 Å². The molecule has 1 aromatic rings. The largest absolute Gasteiger partial charge is 0.481 e. The molecule has 6 heteroatoms. The lowest BCUT2D eigenvalue weighted by Gasteiger charge is -2.39. The maximum absolute atomic E-state index is 12.4. The zero-order valence-electron chi connectivity index (χ0n) is 14.4. The number of carboxylic acids is 1. The summed E-state index contributed by atoms with van der Waals surface area (Å²) in [6, 6.07) is 9.56. The maximum Gasteiger partial charge on any atom is 0.317 e. The summed E-state index contributed by atoms with van der Waals surface area (Å²) < 4.78 is 0. The van der Waals surface area contributed by atoms with Gasteiger partial charge in [-0.2, -0.15) is 0 Å². The lowest BCUT2D eigenvalue weighted by molar-refractivity contribution is -0.142. The molecule has 1 aliphatic heterocycles. The molecule has 1 heterocycles. The summed E-state index contributed by atoms with van der Waals surface area (Å²) in [6.07, 6.45) is 3.71. The molecule has 0 unspecified atom stereocenters. The molecule has 2 aliphatic rings. The SMILES string of the molecule is O=C(O)C1CCC(NC(=O)N2CCC(O)(c3ccccc3)CC2)CC1. The van der Waals surface area contributed by atoms with Gasteiger partial charge in [-0.1, -0.05) is 30.3 Å². The molecule has 1 aromatic carbocycles. The van der Waals surface area contributed by atoms with Crippen LogP contribution in [0.4, 0.5) is 4.79 Å². The molecule has 0 bridgehead atoms. The zero-order valence-corrected chi connectivity index (χ0v) is 14.4. The van der Waals surface area contributed by atoms with Gasteiger partial charge in [0.05, 0.1) is 11.5 Å². The highest BCUT2D eigenvalue weighted by molar-refractivity contribution is 5.75. The number of aliphatic carboxylic acids is 1. The first-order chi connectivity index (χ1) is 12.0. The van der Waals surface area contributed by atoms with Crippen molar-refractivity contribution in [2.75, 3.05) is 13.1 Å². The minimum Gasteiger partial charge on any atom is -0.481 e. The Kier molecular flexibility index (Phi) is 5.27. The highest BCUT2D eigenvalue weighted by Gasteiger charge is 2.36. The third kappa shape index (κ3) is 4.12. The lowest BCUT2D eigenvalue weighted by Crippen LogP contribution is -2.51. The number of likely N-dealkylation sites (tertiary alicyclic amines) is 1. The third-order valence-corrected chi connectivity index (χ3v) is 5.59. The Balaban J connectivity index is 1.48. The molecule has 1 saturated carbocycles. The minimum atomic E-state index is -0.864. The first-order valence-corrected chi connectivity index (χ1v) is 9.04. The van der Waals surface area contributed by atoms with Crippen LogP contribution >= 0.6 is 0 Å². The van der Waals surface area contributed by atoms with E-state index in [2.05, 4.69) is 5.32 Å². The van der Waals surface area contributed by atoms with Crippen molar-refractivity contribution in [2.24, 2.45) is 5.92 Å². The number of piperidine rings is 1. The second-order valence-corrected chi connectivity index (χ2v) is 7.22. The Morgan fingerprint density at radius 1 is 1.04 bits per heavy atom.